The Kier molecular flexibility index (Phi) is 2.92. The molecule has 1 saturated carbocycles. The lowest BCUT2D eigenvalue weighted by Crippen LogP contribution is -2.38. The molecule has 0 heterocycles. The van der Waals surface area contributed by atoms with Crippen LogP contribution in [0.15, 0.2) is 0 Å². The number of hydrogen-bond acceptors (Lipinski definition) is 2. The molecule has 1 unspecified atom stereocenters. The predicted molar refractivity (Wildman–Crippen MR) is 49.8 cm³/mol. The Balaban J connectivity index is 2.37. The van der Waals surface area contributed by atoms with Gasteiger partial charge < -0.3 is 5.32 Å². The molecule has 1 amide bonds. The highest BCUT2D eigenvalue weighted by molar-refractivity contribution is 5.80. The first kappa shape index (κ1) is 10.0. The molecule has 1 N–H and O–H groups in total. The van der Waals surface area contributed by atoms with Crippen LogP contribution in [-0.4, -0.2) is 11.4 Å². The Hall–Kier alpha value is -1.04. The Morgan fingerprint density at radius 3 is 2.69 bits per heavy atom. The van der Waals surface area contributed by atoms with Gasteiger partial charge in [-0.05, 0) is 19.3 Å². The van der Waals surface area contributed by atoms with Gasteiger partial charge in [-0.1, -0.05) is 20.3 Å². The normalized spacial score (nSPS) is 20.1. The second-order valence-corrected chi connectivity index (χ2v) is 3.87. The van der Waals surface area contributed by atoms with Gasteiger partial charge in [0.2, 0.25) is 5.91 Å². The fraction of sp³-hybridized carbons (Fsp3) is 0.800. The van der Waals surface area contributed by atoms with Crippen molar-refractivity contribution in [1.29, 1.82) is 5.26 Å². The van der Waals surface area contributed by atoms with Crippen molar-refractivity contribution in [3.63, 3.8) is 0 Å². The molecule has 1 aliphatic carbocycles. The zero-order valence-corrected chi connectivity index (χ0v) is 8.26. The van der Waals surface area contributed by atoms with Gasteiger partial charge in [-0.15, -0.1) is 0 Å². The van der Waals surface area contributed by atoms with E-state index in [0.717, 1.165) is 25.7 Å². The molecular weight excluding hydrogens is 164 g/mol. The molecule has 1 fully saturated rings. The van der Waals surface area contributed by atoms with Crippen LogP contribution in [-0.2, 0) is 4.79 Å². The van der Waals surface area contributed by atoms with Gasteiger partial charge in [0.05, 0.1) is 6.07 Å². The number of nitrogens with one attached hydrogen (secondary N) is 1. The average Bonchev–Trinajstić information content (AvgIpc) is 2.86. The molecule has 72 valence electrons. The van der Waals surface area contributed by atoms with Gasteiger partial charge in [0.25, 0.3) is 0 Å². The van der Waals surface area contributed by atoms with Crippen LogP contribution in [0.5, 0.6) is 0 Å². The number of hydrogen-bond donors (Lipinski definition) is 1. The summed E-state index contributed by atoms with van der Waals surface area (Å²) in [5.41, 5.74) is -0.501. The van der Waals surface area contributed by atoms with E-state index in [1.807, 2.05) is 6.92 Å². The lowest BCUT2D eigenvalue weighted by atomic mass is 10.0. The third-order valence-corrected chi connectivity index (χ3v) is 2.50. The molecule has 0 bridgehead atoms. The number of amides is 1. The van der Waals surface area contributed by atoms with Crippen molar-refractivity contribution in [2.24, 2.45) is 5.92 Å². The highest BCUT2D eigenvalue weighted by Gasteiger charge is 2.44. The summed E-state index contributed by atoms with van der Waals surface area (Å²) >= 11 is 0. The summed E-state index contributed by atoms with van der Waals surface area (Å²) in [6, 6.07) is 2.15. The van der Waals surface area contributed by atoms with Crippen molar-refractivity contribution >= 4 is 5.91 Å². The quantitative estimate of drug-likeness (QED) is 0.714. The minimum absolute atomic E-state index is 0.0286. The lowest BCUT2D eigenvalue weighted by molar-refractivity contribution is -0.125. The maximum atomic E-state index is 11.5. The number of nitriles is 1. The highest BCUT2D eigenvalue weighted by atomic mass is 16.2. The van der Waals surface area contributed by atoms with Crippen molar-refractivity contribution in [2.75, 3.05) is 0 Å². The average molecular weight is 180 g/mol. The van der Waals surface area contributed by atoms with E-state index in [0.29, 0.717) is 0 Å². The van der Waals surface area contributed by atoms with Crippen LogP contribution < -0.4 is 5.32 Å². The van der Waals surface area contributed by atoms with E-state index in [1.54, 1.807) is 0 Å². The van der Waals surface area contributed by atoms with Gasteiger partial charge in [-0.2, -0.15) is 5.26 Å². The van der Waals surface area contributed by atoms with E-state index < -0.39 is 5.54 Å². The monoisotopic (exact) mass is 180 g/mol. The molecule has 1 rings (SSSR count). The molecule has 0 aromatic rings. The molecule has 3 nitrogen and oxygen atoms in total. The number of rotatable bonds is 4. The van der Waals surface area contributed by atoms with E-state index in [2.05, 4.69) is 18.3 Å². The Morgan fingerprint density at radius 1 is 1.69 bits per heavy atom. The smallest absolute Gasteiger partial charge is 0.224 e. The van der Waals surface area contributed by atoms with E-state index in [1.165, 1.54) is 0 Å². The summed E-state index contributed by atoms with van der Waals surface area (Å²) in [6.45, 7) is 3.97. The van der Waals surface area contributed by atoms with E-state index >= 15 is 0 Å². The Morgan fingerprint density at radius 2 is 2.31 bits per heavy atom. The van der Waals surface area contributed by atoms with Crippen LogP contribution in [0.3, 0.4) is 0 Å². The summed E-state index contributed by atoms with van der Waals surface area (Å²) in [7, 11) is 0. The van der Waals surface area contributed by atoms with Gasteiger partial charge >= 0.3 is 0 Å². The van der Waals surface area contributed by atoms with E-state index in [4.69, 9.17) is 5.26 Å². The topological polar surface area (TPSA) is 52.9 Å². The van der Waals surface area contributed by atoms with Crippen LogP contribution in [0.2, 0.25) is 0 Å². The summed E-state index contributed by atoms with van der Waals surface area (Å²) in [4.78, 5) is 11.5. The van der Waals surface area contributed by atoms with Crippen molar-refractivity contribution < 1.29 is 4.79 Å². The second-order valence-electron chi connectivity index (χ2n) is 3.87. The SMILES string of the molecule is CCCC(C)C(=O)NC1(C#N)CC1. The lowest BCUT2D eigenvalue weighted by Gasteiger charge is -2.13. The maximum absolute atomic E-state index is 11.5. The molecule has 0 spiro atoms. The van der Waals surface area contributed by atoms with Gasteiger partial charge in [0, 0.05) is 5.92 Å². The molecule has 3 heteroatoms. The molecule has 13 heavy (non-hydrogen) atoms. The zero-order chi connectivity index (χ0) is 9.90. The summed E-state index contributed by atoms with van der Waals surface area (Å²) < 4.78 is 0. The van der Waals surface area contributed by atoms with Crippen molar-refractivity contribution in [3.8, 4) is 6.07 Å². The van der Waals surface area contributed by atoms with E-state index in [9.17, 15) is 4.79 Å². The minimum atomic E-state index is -0.501. The first-order valence-corrected chi connectivity index (χ1v) is 4.87. The summed E-state index contributed by atoms with van der Waals surface area (Å²) in [5, 5.41) is 11.6. The van der Waals surface area contributed by atoms with Crippen molar-refractivity contribution in [2.45, 2.75) is 45.1 Å². The Labute approximate surface area is 79.1 Å². The van der Waals surface area contributed by atoms with Gasteiger partial charge in [-0.25, -0.2) is 0 Å². The molecule has 1 atom stereocenters. The summed E-state index contributed by atoms with van der Waals surface area (Å²) in [5.74, 6) is 0.0664. The molecule has 0 aromatic heterocycles. The molecule has 0 saturated heterocycles. The third kappa shape index (κ3) is 2.45. The number of nitrogens with zero attached hydrogens (tertiary/aromatic N) is 1. The van der Waals surface area contributed by atoms with Crippen LogP contribution in [0.4, 0.5) is 0 Å². The van der Waals surface area contributed by atoms with Gasteiger partial charge in [-0.3, -0.25) is 4.79 Å². The van der Waals surface area contributed by atoms with Crippen LogP contribution in [0, 0.1) is 17.2 Å². The molecule has 1 aliphatic rings. The van der Waals surface area contributed by atoms with Crippen molar-refractivity contribution in [3.05, 3.63) is 0 Å². The fourth-order valence-corrected chi connectivity index (χ4v) is 1.31. The largest absolute Gasteiger partial charge is 0.338 e. The maximum Gasteiger partial charge on any atom is 0.224 e. The standard InChI is InChI=1S/C10H16N2O/c1-3-4-8(2)9(13)12-10(7-11)5-6-10/h8H,3-6H2,1-2H3,(H,12,13). The zero-order valence-electron chi connectivity index (χ0n) is 8.26. The minimum Gasteiger partial charge on any atom is -0.338 e. The van der Waals surface area contributed by atoms with Crippen LogP contribution >= 0.6 is 0 Å². The first-order chi connectivity index (χ1) is 6.13. The van der Waals surface area contributed by atoms with Gasteiger partial charge in [0.1, 0.15) is 5.54 Å². The van der Waals surface area contributed by atoms with Crippen LogP contribution in [0.25, 0.3) is 0 Å². The second kappa shape index (κ2) is 3.78. The molecular formula is C10H16N2O. The predicted octanol–water partition coefficient (Wildman–Crippen LogP) is 1.59. The highest BCUT2D eigenvalue weighted by Crippen LogP contribution is 2.34. The molecule has 0 radical (unpaired) electrons. The number of carbonyl (C=O) groups excluding carboxylic acids is 1. The molecule has 0 aromatic carbocycles. The van der Waals surface area contributed by atoms with Crippen molar-refractivity contribution in [1.82, 2.24) is 5.32 Å². The Bertz CT molecular complexity index is 238. The number of carbonyl (C=O) groups is 1. The fourth-order valence-electron chi connectivity index (χ4n) is 1.31. The molecule has 0 aliphatic heterocycles. The summed E-state index contributed by atoms with van der Waals surface area (Å²) in [6.07, 6.45) is 3.53. The first-order valence-electron chi connectivity index (χ1n) is 4.87. The van der Waals surface area contributed by atoms with Crippen LogP contribution in [0.1, 0.15) is 39.5 Å². The van der Waals surface area contributed by atoms with Gasteiger partial charge in [0.15, 0.2) is 0 Å². The van der Waals surface area contributed by atoms with E-state index in [-0.39, 0.29) is 11.8 Å². The third-order valence-electron chi connectivity index (χ3n) is 2.50.